The molecule has 8 nitrogen and oxygen atoms in total. The molecule has 0 bridgehead atoms. The number of amides is 1. The van der Waals surface area contributed by atoms with E-state index in [-0.39, 0.29) is 5.91 Å². The minimum absolute atomic E-state index is 0.0340. The van der Waals surface area contributed by atoms with E-state index in [4.69, 9.17) is 4.52 Å². The van der Waals surface area contributed by atoms with E-state index in [2.05, 4.69) is 25.5 Å². The molecule has 0 saturated carbocycles. The van der Waals surface area contributed by atoms with Gasteiger partial charge >= 0.3 is 0 Å². The number of carbonyl (C=O) groups excluding carboxylic acids is 1. The van der Waals surface area contributed by atoms with Crippen LogP contribution in [-0.4, -0.2) is 30.8 Å². The maximum Gasteiger partial charge on any atom is 0.226 e. The normalized spacial score (nSPS) is 10.9. The van der Waals surface area contributed by atoms with Gasteiger partial charge in [-0.25, -0.2) is 9.67 Å². The van der Waals surface area contributed by atoms with Gasteiger partial charge in [0.15, 0.2) is 5.82 Å². The van der Waals surface area contributed by atoms with E-state index in [1.807, 2.05) is 41.9 Å². The van der Waals surface area contributed by atoms with Gasteiger partial charge in [-0.2, -0.15) is 10.1 Å². The average Bonchev–Trinajstić information content (AvgIpc) is 3.49. The molecule has 142 valence electrons. The van der Waals surface area contributed by atoms with Gasteiger partial charge < -0.3 is 9.84 Å². The molecule has 4 aromatic heterocycles. The van der Waals surface area contributed by atoms with E-state index in [0.29, 0.717) is 43.3 Å². The van der Waals surface area contributed by atoms with E-state index < -0.39 is 0 Å². The van der Waals surface area contributed by atoms with Crippen LogP contribution in [-0.2, 0) is 17.8 Å². The fourth-order valence-corrected chi connectivity index (χ4v) is 3.36. The van der Waals surface area contributed by atoms with Crippen LogP contribution in [0.4, 0.5) is 0 Å². The highest BCUT2D eigenvalue weighted by atomic mass is 32.1. The number of pyridine rings is 1. The molecule has 0 radical (unpaired) electrons. The number of nitrogens with zero attached hydrogens (tertiary/aromatic N) is 5. The molecule has 0 aliphatic heterocycles. The van der Waals surface area contributed by atoms with Crippen molar-refractivity contribution in [2.45, 2.75) is 25.8 Å². The van der Waals surface area contributed by atoms with Crippen LogP contribution >= 0.6 is 11.3 Å². The van der Waals surface area contributed by atoms with Gasteiger partial charge in [0.05, 0.1) is 4.88 Å². The Balaban J connectivity index is 1.26. The van der Waals surface area contributed by atoms with Gasteiger partial charge in [-0.15, -0.1) is 11.3 Å². The lowest BCUT2D eigenvalue weighted by Gasteiger charge is -2.09. The summed E-state index contributed by atoms with van der Waals surface area (Å²) in [5.74, 6) is 1.81. The second-order valence-corrected chi connectivity index (χ2v) is 7.00. The number of rotatable bonds is 8. The first-order valence-corrected chi connectivity index (χ1v) is 9.74. The number of nitrogens with one attached hydrogen (secondary N) is 1. The molecule has 1 amide bonds. The smallest absolute Gasteiger partial charge is 0.226 e. The topological polar surface area (TPSA) is 98.7 Å². The quantitative estimate of drug-likeness (QED) is 0.493. The lowest BCUT2D eigenvalue weighted by atomic mass is 10.2. The monoisotopic (exact) mass is 394 g/mol. The Kier molecular flexibility index (Phi) is 5.53. The predicted octanol–water partition coefficient (Wildman–Crippen LogP) is 3.02. The van der Waals surface area contributed by atoms with Crippen LogP contribution in [0.15, 0.2) is 58.8 Å². The highest BCUT2D eigenvalue weighted by Crippen LogP contribution is 2.21. The SMILES string of the molecule is O=C(CCCc1nc(-c2cccs2)no1)NCc1cccnc1-n1cccn1. The van der Waals surface area contributed by atoms with Crippen LogP contribution in [0.2, 0.25) is 0 Å². The Bertz CT molecular complexity index is 1030. The molecule has 4 rings (SSSR count). The van der Waals surface area contributed by atoms with E-state index in [1.54, 1.807) is 28.4 Å². The second-order valence-electron chi connectivity index (χ2n) is 6.06. The number of carbonyl (C=O) groups is 1. The third-order valence-electron chi connectivity index (χ3n) is 4.07. The zero-order valence-corrected chi connectivity index (χ0v) is 15.8. The number of hydrogen-bond donors (Lipinski definition) is 1. The van der Waals surface area contributed by atoms with Crippen LogP contribution in [0, 0.1) is 0 Å². The molecule has 0 aliphatic rings. The third kappa shape index (κ3) is 4.32. The van der Waals surface area contributed by atoms with E-state index in [1.165, 1.54) is 0 Å². The molecular formula is C19H18N6O2S. The molecule has 4 heterocycles. The van der Waals surface area contributed by atoms with Gasteiger partial charge in [-0.3, -0.25) is 4.79 Å². The minimum atomic E-state index is -0.0340. The van der Waals surface area contributed by atoms with Crippen LogP contribution < -0.4 is 5.32 Å². The number of aryl methyl sites for hydroxylation is 1. The molecule has 0 fully saturated rings. The molecule has 0 atom stereocenters. The molecule has 0 unspecified atom stereocenters. The lowest BCUT2D eigenvalue weighted by molar-refractivity contribution is -0.121. The Hall–Kier alpha value is -3.33. The highest BCUT2D eigenvalue weighted by Gasteiger charge is 2.11. The van der Waals surface area contributed by atoms with Crippen molar-refractivity contribution in [3.8, 4) is 16.5 Å². The van der Waals surface area contributed by atoms with Gasteiger partial charge in [-0.05, 0) is 30.0 Å². The van der Waals surface area contributed by atoms with Crippen molar-refractivity contribution < 1.29 is 9.32 Å². The van der Waals surface area contributed by atoms with Gasteiger partial charge in [0, 0.05) is 43.5 Å². The Morgan fingerprint density at radius 3 is 3.00 bits per heavy atom. The Morgan fingerprint density at radius 2 is 2.18 bits per heavy atom. The van der Waals surface area contributed by atoms with Crippen LogP contribution in [0.5, 0.6) is 0 Å². The first-order chi connectivity index (χ1) is 13.8. The molecule has 0 aromatic carbocycles. The summed E-state index contributed by atoms with van der Waals surface area (Å²) in [6, 6.07) is 9.49. The van der Waals surface area contributed by atoms with Gasteiger partial charge in [-0.1, -0.05) is 17.3 Å². The second kappa shape index (κ2) is 8.57. The summed E-state index contributed by atoms with van der Waals surface area (Å²) in [5.41, 5.74) is 0.900. The molecule has 28 heavy (non-hydrogen) atoms. The number of thiophene rings is 1. The molecule has 4 aromatic rings. The lowest BCUT2D eigenvalue weighted by Crippen LogP contribution is -2.23. The molecule has 0 saturated heterocycles. The van der Waals surface area contributed by atoms with Gasteiger partial charge in [0.2, 0.25) is 17.6 Å². The van der Waals surface area contributed by atoms with Crippen molar-refractivity contribution in [3.63, 3.8) is 0 Å². The van der Waals surface area contributed by atoms with Crippen molar-refractivity contribution >= 4 is 17.2 Å². The van der Waals surface area contributed by atoms with Crippen molar-refractivity contribution in [3.05, 3.63) is 65.8 Å². The largest absolute Gasteiger partial charge is 0.352 e. The summed E-state index contributed by atoms with van der Waals surface area (Å²) in [7, 11) is 0. The highest BCUT2D eigenvalue weighted by molar-refractivity contribution is 7.13. The van der Waals surface area contributed by atoms with Gasteiger partial charge in [0.25, 0.3) is 0 Å². The fourth-order valence-electron chi connectivity index (χ4n) is 2.71. The third-order valence-corrected chi connectivity index (χ3v) is 4.93. The standard InChI is InChI=1S/C19H18N6O2S/c26-16(7-1-8-17-23-18(24-27-17)15-6-3-12-28-15)21-13-14-5-2-9-20-19(14)25-11-4-10-22-25/h2-6,9-12H,1,7-8,13H2,(H,21,26). The first-order valence-electron chi connectivity index (χ1n) is 8.86. The Labute approximate surface area is 165 Å². The molecule has 9 heteroatoms. The molecule has 0 aliphatic carbocycles. The van der Waals surface area contributed by atoms with Crippen molar-refractivity contribution in [2.75, 3.05) is 0 Å². The van der Waals surface area contributed by atoms with Crippen molar-refractivity contribution in [1.29, 1.82) is 0 Å². The summed E-state index contributed by atoms with van der Waals surface area (Å²) >= 11 is 1.56. The maximum absolute atomic E-state index is 12.2. The van der Waals surface area contributed by atoms with E-state index in [9.17, 15) is 4.79 Å². The Morgan fingerprint density at radius 1 is 1.21 bits per heavy atom. The number of aromatic nitrogens is 5. The summed E-state index contributed by atoms with van der Waals surface area (Å²) in [6.45, 7) is 0.394. The fraction of sp³-hybridized carbons (Fsp3) is 0.211. The molecule has 1 N–H and O–H groups in total. The summed E-state index contributed by atoms with van der Waals surface area (Å²) in [4.78, 5) is 21.9. The zero-order valence-electron chi connectivity index (χ0n) is 15.0. The number of hydrogen-bond acceptors (Lipinski definition) is 7. The predicted molar refractivity (Wildman–Crippen MR) is 104 cm³/mol. The van der Waals surface area contributed by atoms with E-state index in [0.717, 1.165) is 10.4 Å². The average molecular weight is 394 g/mol. The van der Waals surface area contributed by atoms with Crippen molar-refractivity contribution in [2.24, 2.45) is 0 Å². The maximum atomic E-state index is 12.2. The van der Waals surface area contributed by atoms with Crippen LogP contribution in [0.3, 0.4) is 0 Å². The van der Waals surface area contributed by atoms with Gasteiger partial charge in [0.1, 0.15) is 0 Å². The summed E-state index contributed by atoms with van der Waals surface area (Å²) in [6.07, 6.45) is 6.81. The first kappa shape index (κ1) is 18.1. The summed E-state index contributed by atoms with van der Waals surface area (Å²) < 4.78 is 6.94. The molecule has 0 spiro atoms. The van der Waals surface area contributed by atoms with Crippen LogP contribution in [0.1, 0.15) is 24.3 Å². The molecular weight excluding hydrogens is 376 g/mol. The summed E-state index contributed by atoms with van der Waals surface area (Å²) in [5, 5.41) is 13.1. The van der Waals surface area contributed by atoms with Crippen molar-refractivity contribution in [1.82, 2.24) is 30.2 Å². The van der Waals surface area contributed by atoms with Crippen LogP contribution in [0.25, 0.3) is 16.5 Å². The minimum Gasteiger partial charge on any atom is -0.352 e. The van der Waals surface area contributed by atoms with E-state index >= 15 is 0 Å². The zero-order chi connectivity index (χ0) is 19.2.